The van der Waals surface area contributed by atoms with E-state index in [2.05, 4.69) is 46.4 Å². The molecule has 1 aliphatic heterocycles. The minimum atomic E-state index is 0.0810. The van der Waals surface area contributed by atoms with Crippen molar-refractivity contribution >= 4 is 11.6 Å². The van der Waals surface area contributed by atoms with Crippen LogP contribution >= 0.6 is 0 Å². The first-order chi connectivity index (χ1) is 12.6. The highest BCUT2D eigenvalue weighted by Crippen LogP contribution is 2.24. The summed E-state index contributed by atoms with van der Waals surface area (Å²) >= 11 is 0. The van der Waals surface area contributed by atoms with Crippen LogP contribution < -0.4 is 10.2 Å². The Kier molecular flexibility index (Phi) is 6.23. The number of amides is 1. The largest absolute Gasteiger partial charge is 0.371 e. The third-order valence-corrected chi connectivity index (χ3v) is 4.81. The maximum atomic E-state index is 12.2. The van der Waals surface area contributed by atoms with E-state index in [1.807, 2.05) is 30.1 Å². The maximum Gasteiger partial charge on any atom is 0.234 e. The number of nitrogens with zero attached hydrogens (tertiary/aromatic N) is 3. The van der Waals surface area contributed by atoms with Gasteiger partial charge in [-0.05, 0) is 56.1 Å². The van der Waals surface area contributed by atoms with Gasteiger partial charge in [-0.2, -0.15) is 0 Å². The summed E-state index contributed by atoms with van der Waals surface area (Å²) < 4.78 is 0. The van der Waals surface area contributed by atoms with Gasteiger partial charge in [-0.15, -0.1) is 0 Å². The second-order valence-electron chi connectivity index (χ2n) is 7.24. The van der Waals surface area contributed by atoms with Crippen molar-refractivity contribution < 1.29 is 4.79 Å². The van der Waals surface area contributed by atoms with Crippen LogP contribution in [0.1, 0.15) is 17.7 Å². The third-order valence-electron chi connectivity index (χ3n) is 4.81. The molecule has 0 unspecified atom stereocenters. The lowest BCUT2D eigenvalue weighted by molar-refractivity contribution is -0.122. The molecule has 2 aromatic rings. The number of nitrogens with one attached hydrogen (secondary N) is 1. The number of hydrogen-bond acceptors (Lipinski definition) is 4. The Hall–Kier alpha value is -2.40. The van der Waals surface area contributed by atoms with Crippen LogP contribution in [0, 0.1) is 12.8 Å². The van der Waals surface area contributed by atoms with Crippen LogP contribution in [0.15, 0.2) is 48.7 Å². The molecule has 0 spiro atoms. The molecule has 1 saturated heterocycles. The van der Waals surface area contributed by atoms with Crippen LogP contribution in [-0.4, -0.2) is 49.0 Å². The number of aryl methyl sites for hydroxylation is 1. The Morgan fingerprint density at radius 2 is 2.19 bits per heavy atom. The van der Waals surface area contributed by atoms with E-state index in [-0.39, 0.29) is 5.91 Å². The molecule has 5 heteroatoms. The van der Waals surface area contributed by atoms with Gasteiger partial charge in [0.05, 0.1) is 12.2 Å². The van der Waals surface area contributed by atoms with Crippen LogP contribution in [0.3, 0.4) is 0 Å². The summed E-state index contributed by atoms with van der Waals surface area (Å²) in [5, 5.41) is 3.10. The zero-order valence-electron chi connectivity index (χ0n) is 15.7. The average Bonchev–Trinajstić information content (AvgIpc) is 3.10. The summed E-state index contributed by atoms with van der Waals surface area (Å²) in [7, 11) is 1.95. The Morgan fingerprint density at radius 1 is 1.31 bits per heavy atom. The van der Waals surface area contributed by atoms with Crippen molar-refractivity contribution in [2.75, 3.05) is 38.1 Å². The normalized spacial score (nSPS) is 16.9. The molecule has 0 radical (unpaired) electrons. The number of hydrogen-bond donors (Lipinski definition) is 1. The highest BCUT2D eigenvalue weighted by Gasteiger charge is 2.23. The summed E-state index contributed by atoms with van der Waals surface area (Å²) in [6, 6.07) is 14.5. The number of rotatable bonds is 7. The van der Waals surface area contributed by atoms with Crippen molar-refractivity contribution in [2.24, 2.45) is 5.92 Å². The molecule has 0 saturated carbocycles. The minimum absolute atomic E-state index is 0.0810. The van der Waals surface area contributed by atoms with E-state index < -0.39 is 0 Å². The first-order valence-corrected chi connectivity index (χ1v) is 9.27. The standard InChI is InChI=1S/C21H28N4O/c1-17-6-5-8-20(12-17)25-11-9-18(14-25)13-23-21(26)16-24(2)15-19-7-3-4-10-22-19/h3-8,10,12,18H,9,11,13-16H2,1-2H3,(H,23,26)/t18-/m1/s1. The van der Waals surface area contributed by atoms with Crippen LogP contribution in [0.5, 0.6) is 0 Å². The van der Waals surface area contributed by atoms with E-state index in [4.69, 9.17) is 0 Å². The van der Waals surface area contributed by atoms with E-state index in [9.17, 15) is 4.79 Å². The van der Waals surface area contributed by atoms with Crippen molar-refractivity contribution in [3.63, 3.8) is 0 Å². The molecule has 1 aromatic carbocycles. The van der Waals surface area contributed by atoms with Gasteiger partial charge in [-0.25, -0.2) is 0 Å². The van der Waals surface area contributed by atoms with Gasteiger partial charge in [-0.1, -0.05) is 18.2 Å². The SMILES string of the molecule is Cc1cccc(N2CC[C@H](CNC(=O)CN(C)Cc3ccccn3)C2)c1. The Morgan fingerprint density at radius 3 is 2.96 bits per heavy atom. The Labute approximate surface area is 156 Å². The molecule has 0 bridgehead atoms. The van der Waals surface area contributed by atoms with Gasteiger partial charge in [0.15, 0.2) is 0 Å². The van der Waals surface area contributed by atoms with Gasteiger partial charge in [0, 0.05) is 38.1 Å². The molecule has 1 fully saturated rings. The zero-order chi connectivity index (χ0) is 18.4. The van der Waals surface area contributed by atoms with E-state index in [0.29, 0.717) is 19.0 Å². The van der Waals surface area contributed by atoms with Gasteiger partial charge in [0.2, 0.25) is 5.91 Å². The zero-order valence-corrected chi connectivity index (χ0v) is 15.7. The first-order valence-electron chi connectivity index (χ1n) is 9.27. The lowest BCUT2D eigenvalue weighted by Crippen LogP contribution is -2.38. The van der Waals surface area contributed by atoms with Crippen molar-refractivity contribution in [1.82, 2.24) is 15.2 Å². The van der Waals surface area contributed by atoms with E-state index in [0.717, 1.165) is 31.7 Å². The van der Waals surface area contributed by atoms with Crippen LogP contribution in [0.25, 0.3) is 0 Å². The molecule has 1 N–H and O–H groups in total. The van der Waals surface area contributed by atoms with Crippen LogP contribution in [-0.2, 0) is 11.3 Å². The minimum Gasteiger partial charge on any atom is -0.371 e. The number of likely N-dealkylation sites (N-methyl/N-ethyl adjacent to an activating group) is 1. The molecule has 0 aliphatic carbocycles. The predicted octanol–water partition coefficient (Wildman–Crippen LogP) is 2.46. The van der Waals surface area contributed by atoms with Gasteiger partial charge in [0.25, 0.3) is 0 Å². The molecule has 1 atom stereocenters. The Balaban J connectivity index is 1.39. The van der Waals surface area contributed by atoms with E-state index >= 15 is 0 Å². The molecule has 2 heterocycles. The van der Waals surface area contributed by atoms with Crippen molar-refractivity contribution in [3.8, 4) is 0 Å². The number of carbonyl (C=O) groups is 1. The molecule has 5 nitrogen and oxygen atoms in total. The van der Waals surface area contributed by atoms with Crippen LogP contribution in [0.2, 0.25) is 0 Å². The number of anilines is 1. The lowest BCUT2D eigenvalue weighted by Gasteiger charge is -2.20. The smallest absolute Gasteiger partial charge is 0.234 e. The molecule has 1 aromatic heterocycles. The number of pyridine rings is 1. The summed E-state index contributed by atoms with van der Waals surface area (Å²) in [5.74, 6) is 0.595. The van der Waals surface area contributed by atoms with Gasteiger partial charge >= 0.3 is 0 Å². The third kappa shape index (κ3) is 5.30. The molecular formula is C21H28N4O. The fourth-order valence-corrected chi connectivity index (χ4v) is 3.44. The number of benzene rings is 1. The monoisotopic (exact) mass is 352 g/mol. The van der Waals surface area contributed by atoms with Gasteiger partial charge < -0.3 is 10.2 Å². The maximum absolute atomic E-state index is 12.2. The predicted molar refractivity (Wildman–Crippen MR) is 105 cm³/mol. The summed E-state index contributed by atoms with van der Waals surface area (Å²) in [4.78, 5) is 20.9. The second-order valence-corrected chi connectivity index (χ2v) is 7.24. The van der Waals surface area contributed by atoms with Crippen molar-refractivity contribution in [2.45, 2.75) is 19.9 Å². The molecule has 138 valence electrons. The van der Waals surface area contributed by atoms with E-state index in [1.54, 1.807) is 6.20 Å². The first kappa shape index (κ1) is 18.4. The number of aromatic nitrogens is 1. The van der Waals surface area contributed by atoms with E-state index in [1.165, 1.54) is 11.3 Å². The summed E-state index contributed by atoms with van der Waals surface area (Å²) in [5.41, 5.74) is 3.55. The van der Waals surface area contributed by atoms with Crippen LogP contribution in [0.4, 0.5) is 5.69 Å². The topological polar surface area (TPSA) is 48.5 Å². The van der Waals surface area contributed by atoms with Gasteiger partial charge in [0.1, 0.15) is 0 Å². The highest BCUT2D eigenvalue weighted by atomic mass is 16.2. The fraction of sp³-hybridized carbons (Fsp3) is 0.429. The molecule has 26 heavy (non-hydrogen) atoms. The highest BCUT2D eigenvalue weighted by molar-refractivity contribution is 5.78. The second kappa shape index (κ2) is 8.81. The average molecular weight is 352 g/mol. The lowest BCUT2D eigenvalue weighted by atomic mass is 10.1. The van der Waals surface area contributed by atoms with Crippen molar-refractivity contribution in [3.05, 3.63) is 59.9 Å². The molecule has 1 aliphatic rings. The number of carbonyl (C=O) groups excluding carboxylic acids is 1. The summed E-state index contributed by atoms with van der Waals surface area (Å²) in [6.07, 6.45) is 2.90. The quantitative estimate of drug-likeness (QED) is 0.832. The Bertz CT molecular complexity index is 719. The van der Waals surface area contributed by atoms with Crippen molar-refractivity contribution in [1.29, 1.82) is 0 Å². The van der Waals surface area contributed by atoms with Gasteiger partial charge in [-0.3, -0.25) is 14.7 Å². The molecule has 1 amide bonds. The molecule has 3 rings (SSSR count). The summed E-state index contributed by atoms with van der Waals surface area (Å²) in [6.45, 7) is 6.01. The fourth-order valence-electron chi connectivity index (χ4n) is 3.44. The molecular weight excluding hydrogens is 324 g/mol.